The van der Waals surface area contributed by atoms with Crippen molar-refractivity contribution in [3.05, 3.63) is 29.0 Å². The van der Waals surface area contributed by atoms with Crippen molar-refractivity contribution in [2.75, 3.05) is 45.2 Å². The molecule has 164 valence electrons. The highest BCUT2D eigenvalue weighted by molar-refractivity contribution is 6.29. The number of nitrogens with zero attached hydrogens (tertiary/aromatic N) is 3. The number of anilines is 1. The third-order valence-electron chi connectivity index (χ3n) is 4.93. The van der Waals surface area contributed by atoms with Gasteiger partial charge in [0.05, 0.1) is 25.0 Å². The maximum Gasteiger partial charge on any atom is 0.321 e. The van der Waals surface area contributed by atoms with Crippen LogP contribution in [0.5, 0.6) is 11.6 Å². The van der Waals surface area contributed by atoms with Crippen LogP contribution in [0.25, 0.3) is 22.5 Å². The number of halogens is 1. The summed E-state index contributed by atoms with van der Waals surface area (Å²) in [5.74, 6) is 0.806. The Morgan fingerprint density at radius 1 is 1.29 bits per heavy atom. The van der Waals surface area contributed by atoms with Crippen LogP contribution in [0, 0.1) is 6.92 Å². The van der Waals surface area contributed by atoms with Gasteiger partial charge in [-0.25, -0.2) is 9.78 Å². The number of amides is 2. The fourth-order valence-electron chi connectivity index (χ4n) is 3.54. The van der Waals surface area contributed by atoms with Crippen molar-refractivity contribution in [1.82, 2.24) is 20.2 Å². The molecule has 31 heavy (non-hydrogen) atoms. The molecule has 10 heteroatoms. The minimum Gasteiger partial charge on any atom is -0.496 e. The number of fused-ring (bicyclic) bond motifs is 1. The quantitative estimate of drug-likeness (QED) is 0.617. The predicted octanol–water partition coefficient (Wildman–Crippen LogP) is 3.70. The number of ether oxygens (including phenoxy) is 2. The lowest BCUT2D eigenvalue weighted by molar-refractivity contribution is 0.204. The van der Waals surface area contributed by atoms with Crippen LogP contribution in [0.15, 0.2) is 22.6 Å². The van der Waals surface area contributed by atoms with Crippen molar-refractivity contribution in [3.63, 3.8) is 0 Å². The molecule has 0 radical (unpaired) electrons. The molecule has 2 amide bonds. The zero-order valence-corrected chi connectivity index (χ0v) is 18.4. The zero-order chi connectivity index (χ0) is 22.0. The second-order valence-corrected chi connectivity index (χ2v) is 7.48. The third kappa shape index (κ3) is 4.38. The first-order valence-electron chi connectivity index (χ1n) is 10.1. The predicted molar refractivity (Wildman–Crippen MR) is 118 cm³/mol. The number of benzene rings is 1. The topological polar surface area (TPSA) is 102 Å². The number of piperazine rings is 1. The van der Waals surface area contributed by atoms with E-state index in [9.17, 15) is 4.79 Å². The molecule has 1 saturated heterocycles. The molecule has 1 aliphatic heterocycles. The van der Waals surface area contributed by atoms with Gasteiger partial charge in [-0.05, 0) is 43.1 Å². The van der Waals surface area contributed by atoms with E-state index in [4.69, 9.17) is 25.5 Å². The molecule has 0 saturated carbocycles. The van der Waals surface area contributed by atoms with Crippen molar-refractivity contribution in [1.29, 1.82) is 0 Å². The van der Waals surface area contributed by atoms with Crippen LogP contribution in [-0.2, 0) is 0 Å². The molecular formula is C21H24ClN5O4. The van der Waals surface area contributed by atoms with Crippen molar-refractivity contribution >= 4 is 34.5 Å². The van der Waals surface area contributed by atoms with E-state index in [0.717, 1.165) is 18.7 Å². The highest BCUT2D eigenvalue weighted by atomic mass is 35.5. The number of carbonyl (C=O) groups is 1. The molecule has 1 fully saturated rings. The van der Waals surface area contributed by atoms with Crippen LogP contribution in [0.3, 0.4) is 0 Å². The summed E-state index contributed by atoms with van der Waals surface area (Å²) in [7, 11) is 1.57. The van der Waals surface area contributed by atoms with Crippen LogP contribution in [0.2, 0.25) is 5.22 Å². The van der Waals surface area contributed by atoms with E-state index in [-0.39, 0.29) is 22.8 Å². The number of aromatic nitrogens is 2. The second-order valence-electron chi connectivity index (χ2n) is 7.11. The van der Waals surface area contributed by atoms with Gasteiger partial charge in [-0.3, -0.25) is 0 Å². The minimum absolute atomic E-state index is 0.178. The van der Waals surface area contributed by atoms with E-state index in [1.54, 1.807) is 18.1 Å². The number of furan rings is 1. The van der Waals surface area contributed by atoms with Crippen molar-refractivity contribution in [2.45, 2.75) is 13.8 Å². The second kappa shape index (κ2) is 8.99. The fourth-order valence-corrected chi connectivity index (χ4v) is 3.71. The average molecular weight is 446 g/mol. The van der Waals surface area contributed by atoms with Crippen molar-refractivity contribution < 1.29 is 18.7 Å². The van der Waals surface area contributed by atoms with Gasteiger partial charge in [-0.1, -0.05) is 0 Å². The molecule has 0 bridgehead atoms. The summed E-state index contributed by atoms with van der Waals surface area (Å²) < 4.78 is 16.8. The van der Waals surface area contributed by atoms with Crippen LogP contribution < -0.4 is 20.1 Å². The van der Waals surface area contributed by atoms with Gasteiger partial charge in [0, 0.05) is 32.2 Å². The lowest BCUT2D eigenvalue weighted by Gasteiger charge is -2.28. The number of urea groups is 1. The summed E-state index contributed by atoms with van der Waals surface area (Å²) in [5, 5.41) is 6.44. The molecule has 0 spiro atoms. The van der Waals surface area contributed by atoms with Gasteiger partial charge in [0.2, 0.25) is 11.6 Å². The highest BCUT2D eigenvalue weighted by Crippen LogP contribution is 2.42. The largest absolute Gasteiger partial charge is 0.496 e. The SMILES string of the molecule is CCOc1nc2oc(Cl)cc2nc1-c1c(NC(=O)N2CCNCC2)cc(C)cc1OC. The number of hydrogen-bond acceptors (Lipinski definition) is 7. The molecule has 2 N–H and O–H groups in total. The Kier molecular flexibility index (Phi) is 6.15. The average Bonchev–Trinajstić information content (AvgIpc) is 3.12. The Labute approximate surface area is 184 Å². The maximum atomic E-state index is 12.9. The van der Waals surface area contributed by atoms with Crippen LogP contribution in [0.4, 0.5) is 10.5 Å². The Balaban J connectivity index is 1.85. The first-order chi connectivity index (χ1) is 15.0. The Morgan fingerprint density at radius 3 is 2.77 bits per heavy atom. The minimum atomic E-state index is -0.186. The number of nitrogens with one attached hydrogen (secondary N) is 2. The Bertz CT molecular complexity index is 1110. The van der Waals surface area contributed by atoms with Gasteiger partial charge < -0.3 is 29.4 Å². The summed E-state index contributed by atoms with van der Waals surface area (Å²) in [5.41, 5.74) is 3.24. The molecule has 0 atom stereocenters. The van der Waals surface area contributed by atoms with E-state index in [1.165, 1.54) is 0 Å². The lowest BCUT2D eigenvalue weighted by Crippen LogP contribution is -2.48. The van der Waals surface area contributed by atoms with E-state index < -0.39 is 0 Å². The number of aryl methyl sites for hydroxylation is 1. The van der Waals surface area contributed by atoms with Crippen LogP contribution >= 0.6 is 11.6 Å². The lowest BCUT2D eigenvalue weighted by atomic mass is 10.0. The van der Waals surface area contributed by atoms with Gasteiger partial charge in [0.15, 0.2) is 5.22 Å². The molecule has 4 rings (SSSR count). The molecule has 1 aromatic carbocycles. The van der Waals surface area contributed by atoms with Crippen molar-refractivity contribution in [3.8, 4) is 22.9 Å². The van der Waals surface area contributed by atoms with Gasteiger partial charge in [0.25, 0.3) is 0 Å². The summed E-state index contributed by atoms with van der Waals surface area (Å²) in [6.07, 6.45) is 0. The smallest absolute Gasteiger partial charge is 0.321 e. The summed E-state index contributed by atoms with van der Waals surface area (Å²) >= 11 is 6.00. The normalized spacial score (nSPS) is 14.0. The summed E-state index contributed by atoms with van der Waals surface area (Å²) in [4.78, 5) is 23.8. The molecule has 3 heterocycles. The van der Waals surface area contributed by atoms with Gasteiger partial charge in [-0.15, -0.1) is 0 Å². The van der Waals surface area contributed by atoms with E-state index >= 15 is 0 Å². The first-order valence-corrected chi connectivity index (χ1v) is 10.4. The Hall–Kier alpha value is -3.04. The summed E-state index contributed by atoms with van der Waals surface area (Å²) in [6, 6.07) is 5.15. The molecule has 9 nitrogen and oxygen atoms in total. The molecular weight excluding hydrogens is 422 g/mol. The zero-order valence-electron chi connectivity index (χ0n) is 17.6. The van der Waals surface area contributed by atoms with Gasteiger partial charge in [0.1, 0.15) is 17.0 Å². The molecule has 2 aromatic heterocycles. The van der Waals surface area contributed by atoms with Gasteiger partial charge in [-0.2, -0.15) is 4.98 Å². The fraction of sp³-hybridized carbons (Fsp3) is 0.381. The first kappa shape index (κ1) is 21.2. The number of carbonyl (C=O) groups excluding carboxylic acids is 1. The van der Waals surface area contributed by atoms with E-state index in [2.05, 4.69) is 20.6 Å². The number of hydrogen-bond donors (Lipinski definition) is 2. The molecule has 0 aliphatic carbocycles. The van der Waals surface area contributed by atoms with Crippen molar-refractivity contribution in [2.24, 2.45) is 0 Å². The summed E-state index contributed by atoms with van der Waals surface area (Å²) in [6.45, 7) is 6.94. The highest BCUT2D eigenvalue weighted by Gasteiger charge is 2.25. The molecule has 1 aliphatic rings. The van der Waals surface area contributed by atoms with Crippen LogP contribution in [-0.4, -0.2) is 60.8 Å². The molecule has 3 aromatic rings. The number of methoxy groups -OCH3 is 1. The standard InChI is InChI=1S/C21H24ClN5O4/c1-4-30-20-18(24-14-11-16(22)31-19(14)26-20)17-13(9-12(2)10-15(17)29-3)25-21(28)27-7-5-23-6-8-27/h9-11,23H,4-8H2,1-3H3,(H,25,28). The van der Waals surface area contributed by atoms with Gasteiger partial charge >= 0.3 is 6.03 Å². The van der Waals surface area contributed by atoms with E-state index in [1.807, 2.05) is 26.0 Å². The van der Waals surface area contributed by atoms with E-state index in [0.29, 0.717) is 47.9 Å². The Morgan fingerprint density at radius 2 is 2.06 bits per heavy atom. The molecule has 0 unspecified atom stereocenters. The monoisotopic (exact) mass is 445 g/mol. The maximum absolute atomic E-state index is 12.9. The number of rotatable bonds is 5. The third-order valence-corrected chi connectivity index (χ3v) is 5.12. The van der Waals surface area contributed by atoms with Crippen LogP contribution in [0.1, 0.15) is 12.5 Å².